The van der Waals surface area contributed by atoms with Gasteiger partial charge in [0.25, 0.3) is 0 Å². The summed E-state index contributed by atoms with van der Waals surface area (Å²) in [7, 11) is -3.42. The molecular weight excluding hydrogens is 343 g/mol. The highest BCUT2D eigenvalue weighted by molar-refractivity contribution is 7.89. The van der Waals surface area contributed by atoms with E-state index < -0.39 is 10.0 Å². The van der Waals surface area contributed by atoms with Crippen LogP contribution in [-0.2, 0) is 10.0 Å². The van der Waals surface area contributed by atoms with Gasteiger partial charge in [-0.05, 0) is 24.3 Å². The Hall–Kier alpha value is -1.96. The van der Waals surface area contributed by atoms with Crippen molar-refractivity contribution >= 4 is 10.0 Å². The molecule has 0 bridgehead atoms. The molecule has 1 aliphatic heterocycles. The first-order valence-electron chi connectivity index (χ1n) is 8.33. The van der Waals surface area contributed by atoms with E-state index in [1.54, 1.807) is 48.5 Å². The van der Waals surface area contributed by atoms with Gasteiger partial charge in [0.15, 0.2) is 11.6 Å². The maximum Gasteiger partial charge on any atom is 0.243 e. The van der Waals surface area contributed by atoms with Gasteiger partial charge in [-0.3, -0.25) is 0 Å². The van der Waals surface area contributed by atoms with Crippen LogP contribution in [0.4, 0.5) is 4.39 Å². The topological polar surface area (TPSA) is 51.0 Å². The van der Waals surface area contributed by atoms with Crippen molar-refractivity contribution in [2.75, 3.05) is 39.3 Å². The summed E-state index contributed by atoms with van der Waals surface area (Å²) in [5.74, 6) is -0.108. The molecule has 0 radical (unpaired) electrons. The predicted octanol–water partition coefficient (Wildman–Crippen LogP) is 0.794. The van der Waals surface area contributed by atoms with Crippen LogP contribution in [0, 0.1) is 5.82 Å². The Bertz CT molecular complexity index is 791. The second-order valence-corrected chi connectivity index (χ2v) is 7.93. The lowest BCUT2D eigenvalue weighted by Crippen LogP contribution is -3.15. The molecule has 0 aromatic heterocycles. The number of benzene rings is 2. The molecule has 7 heteroatoms. The summed E-state index contributed by atoms with van der Waals surface area (Å²) >= 11 is 0. The van der Waals surface area contributed by atoms with Crippen molar-refractivity contribution in [1.82, 2.24) is 4.31 Å². The number of rotatable bonds is 6. The molecule has 134 valence electrons. The number of ether oxygens (including phenoxy) is 1. The van der Waals surface area contributed by atoms with Crippen molar-refractivity contribution in [2.45, 2.75) is 4.90 Å². The fourth-order valence-electron chi connectivity index (χ4n) is 2.90. The highest BCUT2D eigenvalue weighted by Crippen LogP contribution is 2.15. The van der Waals surface area contributed by atoms with E-state index in [2.05, 4.69) is 0 Å². The standard InChI is InChI=1S/C18H21FN2O3S/c19-17-8-4-5-9-18(17)24-15-14-20-10-12-21(13-11-20)25(22,23)16-6-2-1-3-7-16/h1-9H,10-15H2/p+1. The number of para-hydroxylation sites is 1. The fraction of sp³-hybridized carbons (Fsp3) is 0.333. The van der Waals surface area contributed by atoms with Crippen molar-refractivity contribution in [1.29, 1.82) is 0 Å². The van der Waals surface area contributed by atoms with Crippen LogP contribution in [-0.4, -0.2) is 52.1 Å². The summed E-state index contributed by atoms with van der Waals surface area (Å²) in [5.41, 5.74) is 0. The van der Waals surface area contributed by atoms with E-state index in [4.69, 9.17) is 4.74 Å². The molecule has 3 rings (SSSR count). The summed E-state index contributed by atoms with van der Waals surface area (Å²) in [6, 6.07) is 14.8. The monoisotopic (exact) mass is 365 g/mol. The first kappa shape index (κ1) is 17.8. The summed E-state index contributed by atoms with van der Waals surface area (Å²) < 4.78 is 45.7. The third-order valence-corrected chi connectivity index (χ3v) is 6.27. The van der Waals surface area contributed by atoms with Crippen molar-refractivity contribution < 1.29 is 22.4 Å². The largest absolute Gasteiger partial charge is 0.485 e. The van der Waals surface area contributed by atoms with Crippen LogP contribution in [0.2, 0.25) is 0 Å². The van der Waals surface area contributed by atoms with Crippen LogP contribution in [0.3, 0.4) is 0 Å². The number of hydrogen-bond donors (Lipinski definition) is 1. The maximum absolute atomic E-state index is 13.5. The Labute approximate surface area is 147 Å². The van der Waals surface area contributed by atoms with E-state index in [1.165, 1.54) is 15.3 Å². The first-order valence-corrected chi connectivity index (χ1v) is 9.77. The molecule has 1 N–H and O–H groups in total. The average Bonchev–Trinajstić information content (AvgIpc) is 2.64. The Morgan fingerprint density at radius 2 is 1.64 bits per heavy atom. The van der Waals surface area contributed by atoms with Gasteiger partial charge in [-0.25, -0.2) is 12.8 Å². The van der Waals surface area contributed by atoms with Gasteiger partial charge in [-0.1, -0.05) is 30.3 Å². The fourth-order valence-corrected chi connectivity index (χ4v) is 4.36. The van der Waals surface area contributed by atoms with Gasteiger partial charge < -0.3 is 9.64 Å². The van der Waals surface area contributed by atoms with Crippen molar-refractivity contribution in [3.63, 3.8) is 0 Å². The molecule has 0 amide bonds. The Morgan fingerprint density at radius 3 is 2.32 bits per heavy atom. The zero-order valence-electron chi connectivity index (χ0n) is 13.9. The van der Waals surface area contributed by atoms with Gasteiger partial charge in [-0.15, -0.1) is 0 Å². The van der Waals surface area contributed by atoms with Crippen LogP contribution in [0.5, 0.6) is 5.75 Å². The minimum Gasteiger partial charge on any atom is -0.485 e. The molecule has 2 aromatic carbocycles. The van der Waals surface area contributed by atoms with E-state index in [0.29, 0.717) is 44.2 Å². The Kier molecular flexibility index (Phi) is 5.67. The minimum atomic E-state index is -3.42. The smallest absolute Gasteiger partial charge is 0.243 e. The van der Waals surface area contributed by atoms with Crippen LogP contribution < -0.4 is 9.64 Å². The Morgan fingerprint density at radius 1 is 1.00 bits per heavy atom. The molecule has 1 aliphatic rings. The van der Waals surface area contributed by atoms with E-state index in [1.807, 2.05) is 0 Å². The molecule has 1 heterocycles. The molecular formula is C18H22FN2O3S+. The summed E-state index contributed by atoms with van der Waals surface area (Å²) in [6.07, 6.45) is 0. The van der Waals surface area contributed by atoms with E-state index in [-0.39, 0.29) is 11.6 Å². The van der Waals surface area contributed by atoms with Gasteiger partial charge in [0.1, 0.15) is 13.2 Å². The lowest BCUT2D eigenvalue weighted by atomic mass is 10.3. The zero-order chi connectivity index (χ0) is 17.7. The second-order valence-electron chi connectivity index (χ2n) is 6.00. The van der Waals surface area contributed by atoms with Crippen LogP contribution in [0.1, 0.15) is 0 Å². The quantitative estimate of drug-likeness (QED) is 0.824. The van der Waals surface area contributed by atoms with Crippen LogP contribution >= 0.6 is 0 Å². The molecule has 2 aromatic rings. The number of halogens is 1. The number of sulfonamides is 1. The van der Waals surface area contributed by atoms with Crippen molar-refractivity contribution in [2.24, 2.45) is 0 Å². The van der Waals surface area contributed by atoms with Crippen molar-refractivity contribution in [3.8, 4) is 5.75 Å². The van der Waals surface area contributed by atoms with E-state index >= 15 is 0 Å². The lowest BCUT2D eigenvalue weighted by molar-refractivity contribution is -0.903. The highest BCUT2D eigenvalue weighted by Gasteiger charge is 2.30. The molecule has 0 aliphatic carbocycles. The SMILES string of the molecule is O=S(=O)(c1ccccc1)N1CC[NH+](CCOc2ccccc2F)CC1. The van der Waals surface area contributed by atoms with E-state index in [9.17, 15) is 12.8 Å². The summed E-state index contributed by atoms with van der Waals surface area (Å²) in [4.78, 5) is 1.59. The van der Waals surface area contributed by atoms with Gasteiger partial charge in [0.2, 0.25) is 10.0 Å². The van der Waals surface area contributed by atoms with Gasteiger partial charge in [0.05, 0.1) is 31.1 Å². The average molecular weight is 365 g/mol. The number of hydrogen-bond acceptors (Lipinski definition) is 3. The van der Waals surface area contributed by atoms with Gasteiger partial charge in [-0.2, -0.15) is 4.31 Å². The normalized spacial score (nSPS) is 16.7. The Balaban J connectivity index is 1.48. The third kappa shape index (κ3) is 4.36. The summed E-state index contributed by atoms with van der Waals surface area (Å²) in [6.45, 7) is 3.51. The molecule has 1 fully saturated rings. The molecule has 5 nitrogen and oxygen atoms in total. The third-order valence-electron chi connectivity index (χ3n) is 4.36. The number of nitrogens with zero attached hydrogens (tertiary/aromatic N) is 1. The minimum absolute atomic E-state index is 0.257. The summed E-state index contributed by atoms with van der Waals surface area (Å²) in [5, 5.41) is 0. The lowest BCUT2D eigenvalue weighted by Gasteiger charge is -2.31. The number of quaternary nitrogens is 1. The van der Waals surface area contributed by atoms with Gasteiger partial charge >= 0.3 is 0 Å². The molecule has 25 heavy (non-hydrogen) atoms. The molecule has 1 saturated heterocycles. The number of piperazine rings is 1. The van der Waals surface area contributed by atoms with E-state index in [0.717, 1.165) is 0 Å². The van der Waals surface area contributed by atoms with Crippen LogP contribution in [0.15, 0.2) is 59.5 Å². The highest BCUT2D eigenvalue weighted by atomic mass is 32.2. The molecule has 0 spiro atoms. The molecule has 0 atom stereocenters. The predicted molar refractivity (Wildman–Crippen MR) is 92.7 cm³/mol. The van der Waals surface area contributed by atoms with Crippen LogP contribution in [0.25, 0.3) is 0 Å². The second kappa shape index (κ2) is 7.95. The first-order chi connectivity index (χ1) is 12.1. The molecule has 0 saturated carbocycles. The van der Waals surface area contributed by atoms with Crippen molar-refractivity contribution in [3.05, 3.63) is 60.4 Å². The maximum atomic E-state index is 13.5. The molecule has 0 unspecified atom stereocenters. The number of nitrogens with one attached hydrogen (secondary N) is 1. The van der Waals surface area contributed by atoms with Gasteiger partial charge in [0, 0.05) is 0 Å². The zero-order valence-corrected chi connectivity index (χ0v) is 14.7.